The first-order valence-corrected chi connectivity index (χ1v) is 5.74. The molecule has 3 N–H and O–H groups in total. The van der Waals surface area contributed by atoms with E-state index in [1.165, 1.54) is 0 Å². The minimum atomic E-state index is 0.170. The van der Waals surface area contributed by atoms with Crippen molar-refractivity contribution < 1.29 is 4.79 Å². The van der Waals surface area contributed by atoms with E-state index in [0.29, 0.717) is 5.82 Å². The van der Waals surface area contributed by atoms with Crippen LogP contribution in [0.15, 0.2) is 18.3 Å². The Balaban J connectivity index is 1.89. The molecular formula is C12H17N3O. The highest BCUT2D eigenvalue weighted by Gasteiger charge is 2.21. The summed E-state index contributed by atoms with van der Waals surface area (Å²) in [5.41, 5.74) is 6.76. The lowest BCUT2D eigenvalue weighted by molar-refractivity contribution is -0.126. The van der Waals surface area contributed by atoms with Gasteiger partial charge in [-0.15, -0.1) is 0 Å². The van der Waals surface area contributed by atoms with Crippen LogP contribution in [0.4, 0.5) is 5.82 Å². The maximum Gasteiger partial charge on any atom is 0.223 e. The van der Waals surface area contributed by atoms with Crippen LogP contribution < -0.4 is 11.1 Å². The minimum absolute atomic E-state index is 0.170. The summed E-state index contributed by atoms with van der Waals surface area (Å²) >= 11 is 0. The highest BCUT2D eigenvalue weighted by molar-refractivity contribution is 5.79. The first-order valence-electron chi connectivity index (χ1n) is 5.74. The average Bonchev–Trinajstić information content (AvgIpc) is 2.28. The Hall–Kier alpha value is -1.58. The van der Waals surface area contributed by atoms with Gasteiger partial charge >= 0.3 is 0 Å². The summed E-state index contributed by atoms with van der Waals surface area (Å²) < 4.78 is 0. The fourth-order valence-corrected chi connectivity index (χ4v) is 2.10. The lowest BCUT2D eigenvalue weighted by Gasteiger charge is -2.21. The normalized spacial score (nSPS) is 20.5. The average molecular weight is 219 g/mol. The Morgan fingerprint density at radius 3 is 3.19 bits per heavy atom. The third-order valence-corrected chi connectivity index (χ3v) is 3.03. The minimum Gasteiger partial charge on any atom is -0.384 e. The van der Waals surface area contributed by atoms with E-state index in [9.17, 15) is 4.79 Å². The Morgan fingerprint density at radius 1 is 1.56 bits per heavy atom. The van der Waals surface area contributed by atoms with Crippen molar-refractivity contribution in [3.05, 3.63) is 23.9 Å². The van der Waals surface area contributed by atoms with E-state index < -0.39 is 0 Å². The molecule has 1 saturated heterocycles. The van der Waals surface area contributed by atoms with Gasteiger partial charge in [0.05, 0.1) is 0 Å². The van der Waals surface area contributed by atoms with E-state index in [4.69, 9.17) is 5.73 Å². The molecule has 16 heavy (non-hydrogen) atoms. The van der Waals surface area contributed by atoms with Gasteiger partial charge in [0.15, 0.2) is 0 Å². The van der Waals surface area contributed by atoms with Gasteiger partial charge in [-0.3, -0.25) is 4.79 Å². The molecule has 0 bridgehead atoms. The van der Waals surface area contributed by atoms with Crippen LogP contribution in [0.3, 0.4) is 0 Å². The van der Waals surface area contributed by atoms with Crippen molar-refractivity contribution in [2.24, 2.45) is 5.92 Å². The molecule has 0 spiro atoms. The number of hydrogen-bond acceptors (Lipinski definition) is 3. The van der Waals surface area contributed by atoms with Crippen molar-refractivity contribution in [3.8, 4) is 0 Å². The van der Waals surface area contributed by atoms with E-state index in [2.05, 4.69) is 10.3 Å². The summed E-state index contributed by atoms with van der Waals surface area (Å²) in [6.45, 7) is 0.831. The van der Waals surface area contributed by atoms with Crippen molar-refractivity contribution in [1.29, 1.82) is 0 Å². The Kier molecular flexibility index (Phi) is 3.39. The second-order valence-electron chi connectivity index (χ2n) is 4.26. The Bertz CT molecular complexity index is 378. The summed E-state index contributed by atoms with van der Waals surface area (Å²) in [6.07, 6.45) is 5.60. The monoisotopic (exact) mass is 219 g/mol. The zero-order valence-electron chi connectivity index (χ0n) is 9.28. The van der Waals surface area contributed by atoms with Crippen LogP contribution in [0.25, 0.3) is 0 Å². The van der Waals surface area contributed by atoms with Crippen LogP contribution in [0, 0.1) is 5.92 Å². The number of piperidine rings is 1. The molecule has 1 aromatic rings. The van der Waals surface area contributed by atoms with Gasteiger partial charge in [0.25, 0.3) is 0 Å². The van der Waals surface area contributed by atoms with Crippen LogP contribution in [0.2, 0.25) is 0 Å². The lowest BCUT2D eigenvalue weighted by atomic mass is 9.92. The molecule has 1 aromatic heterocycles. The number of aryl methyl sites for hydroxylation is 1. The summed E-state index contributed by atoms with van der Waals surface area (Å²) in [7, 11) is 0. The van der Waals surface area contributed by atoms with Crippen molar-refractivity contribution in [2.45, 2.75) is 25.7 Å². The predicted octanol–water partition coefficient (Wildman–Crippen LogP) is 1.12. The van der Waals surface area contributed by atoms with Gasteiger partial charge in [0.1, 0.15) is 5.82 Å². The molecule has 4 heteroatoms. The van der Waals surface area contributed by atoms with Crippen LogP contribution in [-0.2, 0) is 11.2 Å². The number of nitrogens with zero attached hydrogens (tertiary/aromatic N) is 1. The fraction of sp³-hybridized carbons (Fsp3) is 0.500. The Morgan fingerprint density at radius 2 is 2.44 bits per heavy atom. The number of rotatable bonds is 3. The molecule has 2 rings (SSSR count). The molecule has 1 unspecified atom stereocenters. The quantitative estimate of drug-likeness (QED) is 0.800. The van der Waals surface area contributed by atoms with Gasteiger partial charge < -0.3 is 11.1 Å². The highest BCUT2D eigenvalue weighted by Crippen LogP contribution is 2.18. The molecule has 1 aliphatic rings. The van der Waals surface area contributed by atoms with Gasteiger partial charge in [0.2, 0.25) is 5.91 Å². The van der Waals surface area contributed by atoms with Crippen LogP contribution in [-0.4, -0.2) is 17.4 Å². The molecular weight excluding hydrogens is 202 g/mol. The topological polar surface area (TPSA) is 68.0 Å². The third kappa shape index (κ3) is 2.72. The molecule has 1 amide bonds. The SMILES string of the molecule is Nc1cc(CCC2CCCNC2=O)ccn1. The fourth-order valence-electron chi connectivity index (χ4n) is 2.10. The molecule has 1 fully saturated rings. The number of nitrogen functional groups attached to an aromatic ring is 1. The first-order chi connectivity index (χ1) is 7.75. The number of nitrogens with two attached hydrogens (primary N) is 1. The van der Waals surface area contributed by atoms with Crippen molar-refractivity contribution in [1.82, 2.24) is 10.3 Å². The number of anilines is 1. The molecule has 0 aromatic carbocycles. The number of carbonyl (C=O) groups is 1. The molecule has 0 aliphatic carbocycles. The first kappa shape index (κ1) is 10.9. The molecule has 0 radical (unpaired) electrons. The van der Waals surface area contributed by atoms with Crippen molar-refractivity contribution in [2.75, 3.05) is 12.3 Å². The second kappa shape index (κ2) is 4.96. The maximum atomic E-state index is 11.5. The van der Waals surface area contributed by atoms with E-state index in [1.54, 1.807) is 6.20 Å². The molecule has 2 heterocycles. The van der Waals surface area contributed by atoms with Crippen LogP contribution >= 0.6 is 0 Å². The summed E-state index contributed by atoms with van der Waals surface area (Å²) in [5, 5.41) is 2.90. The van der Waals surface area contributed by atoms with E-state index in [-0.39, 0.29) is 11.8 Å². The van der Waals surface area contributed by atoms with Crippen LogP contribution in [0.1, 0.15) is 24.8 Å². The van der Waals surface area contributed by atoms with Gasteiger partial charge in [-0.1, -0.05) is 0 Å². The number of pyridine rings is 1. The molecule has 0 saturated carbocycles. The zero-order valence-corrected chi connectivity index (χ0v) is 9.28. The standard InChI is InChI=1S/C12H17N3O/c13-11-8-9(5-7-14-11)3-4-10-2-1-6-15-12(10)16/h5,7-8,10H,1-4,6H2,(H2,13,14)(H,15,16). The van der Waals surface area contributed by atoms with E-state index in [0.717, 1.165) is 37.8 Å². The van der Waals surface area contributed by atoms with Gasteiger partial charge in [-0.05, 0) is 43.4 Å². The third-order valence-electron chi connectivity index (χ3n) is 3.03. The summed E-state index contributed by atoms with van der Waals surface area (Å²) in [6, 6.07) is 3.83. The lowest BCUT2D eigenvalue weighted by Crippen LogP contribution is -2.36. The number of nitrogens with one attached hydrogen (secondary N) is 1. The smallest absolute Gasteiger partial charge is 0.223 e. The van der Waals surface area contributed by atoms with Crippen LogP contribution in [0.5, 0.6) is 0 Å². The number of hydrogen-bond donors (Lipinski definition) is 2. The van der Waals surface area contributed by atoms with Crippen molar-refractivity contribution in [3.63, 3.8) is 0 Å². The summed E-state index contributed by atoms with van der Waals surface area (Å²) in [5.74, 6) is 0.919. The van der Waals surface area contributed by atoms with E-state index >= 15 is 0 Å². The maximum absolute atomic E-state index is 11.5. The number of aromatic nitrogens is 1. The Labute approximate surface area is 95.3 Å². The van der Waals surface area contributed by atoms with Gasteiger partial charge in [-0.2, -0.15) is 0 Å². The number of amides is 1. The highest BCUT2D eigenvalue weighted by atomic mass is 16.1. The van der Waals surface area contributed by atoms with Crippen molar-refractivity contribution >= 4 is 11.7 Å². The summed E-state index contributed by atoms with van der Waals surface area (Å²) in [4.78, 5) is 15.5. The van der Waals surface area contributed by atoms with Gasteiger partial charge in [-0.25, -0.2) is 4.98 Å². The zero-order chi connectivity index (χ0) is 11.4. The second-order valence-corrected chi connectivity index (χ2v) is 4.26. The predicted molar refractivity (Wildman–Crippen MR) is 62.7 cm³/mol. The largest absolute Gasteiger partial charge is 0.384 e. The molecule has 86 valence electrons. The molecule has 1 atom stereocenters. The van der Waals surface area contributed by atoms with E-state index in [1.807, 2.05) is 12.1 Å². The number of carbonyl (C=O) groups excluding carboxylic acids is 1. The molecule has 4 nitrogen and oxygen atoms in total. The van der Waals surface area contributed by atoms with Gasteiger partial charge in [0, 0.05) is 18.7 Å². The molecule has 1 aliphatic heterocycles.